The molecule has 2 atom stereocenters. The topological polar surface area (TPSA) is 24.1 Å². The zero-order chi connectivity index (χ0) is 16.4. The van der Waals surface area contributed by atoms with E-state index >= 15 is 0 Å². The highest BCUT2D eigenvalue weighted by atomic mass is 15.0. The van der Waals surface area contributed by atoms with E-state index in [1.54, 1.807) is 0 Å². The maximum Gasteiger partial charge on any atom is 0.0137 e. The van der Waals surface area contributed by atoms with E-state index in [0.717, 1.165) is 32.0 Å². The quantitative estimate of drug-likeness (QED) is 0.457. The van der Waals surface area contributed by atoms with Crippen molar-refractivity contribution in [2.24, 2.45) is 5.92 Å². The molecule has 0 bridgehead atoms. The van der Waals surface area contributed by atoms with Crippen molar-refractivity contribution in [1.29, 1.82) is 0 Å². The third-order valence-corrected chi connectivity index (χ3v) is 4.50. The van der Waals surface area contributed by atoms with Crippen LogP contribution in [0.25, 0.3) is 0 Å². The van der Waals surface area contributed by atoms with Gasteiger partial charge in [-0.15, -0.1) is 0 Å². The van der Waals surface area contributed by atoms with Gasteiger partial charge in [-0.2, -0.15) is 0 Å². The van der Waals surface area contributed by atoms with Crippen molar-refractivity contribution in [3.05, 3.63) is 35.5 Å². The molecule has 0 aromatic rings. The number of hydrogen-bond acceptors (Lipinski definition) is 2. The highest BCUT2D eigenvalue weighted by Gasteiger charge is 2.21. The second-order valence-electron chi connectivity index (χ2n) is 7.11. The number of rotatable bonds is 9. The lowest BCUT2D eigenvalue weighted by molar-refractivity contribution is 0.322. The molecule has 0 aromatic carbocycles. The van der Waals surface area contributed by atoms with Gasteiger partial charge in [0.15, 0.2) is 0 Å². The van der Waals surface area contributed by atoms with Crippen molar-refractivity contribution in [3.63, 3.8) is 0 Å². The molecule has 1 fully saturated rings. The van der Waals surface area contributed by atoms with Gasteiger partial charge in [0.1, 0.15) is 0 Å². The fourth-order valence-corrected chi connectivity index (χ4v) is 3.03. The molecule has 0 amide bonds. The van der Waals surface area contributed by atoms with Crippen molar-refractivity contribution in [2.75, 3.05) is 19.6 Å². The van der Waals surface area contributed by atoms with E-state index in [4.69, 9.17) is 0 Å². The van der Waals surface area contributed by atoms with Gasteiger partial charge in [0, 0.05) is 28.5 Å². The van der Waals surface area contributed by atoms with Crippen molar-refractivity contribution in [1.82, 2.24) is 10.6 Å². The average molecular weight is 309 g/mol. The monoisotopic (exact) mass is 308 g/mol. The van der Waals surface area contributed by atoms with Crippen LogP contribution in [0.1, 0.15) is 62.7 Å². The van der Waals surface area contributed by atoms with Gasteiger partial charge in [-0.1, -0.05) is 42.4 Å². The van der Waals surface area contributed by atoms with Crippen LogP contribution in [0.2, 0.25) is 0 Å². The summed E-state index contributed by atoms with van der Waals surface area (Å²) in [7, 11) is 0. The van der Waals surface area contributed by atoms with Crippen LogP contribution in [0.15, 0.2) is 35.5 Å². The Balaban J connectivity index is 0. The molecule has 0 aliphatic heterocycles. The molecule has 2 nitrogen and oxygen atoms in total. The molecule has 1 rings (SSSR count). The van der Waals surface area contributed by atoms with Gasteiger partial charge < -0.3 is 10.6 Å². The van der Waals surface area contributed by atoms with Gasteiger partial charge in [0.25, 0.3) is 0 Å². The Bertz CT molecular complexity index is 398. The molecule has 1 aliphatic rings. The lowest BCUT2D eigenvalue weighted by Gasteiger charge is -2.31. The molecule has 0 heterocycles. The normalized spacial score (nSPS) is 22.7. The van der Waals surface area contributed by atoms with Crippen LogP contribution in [0.3, 0.4) is 0 Å². The van der Waals surface area contributed by atoms with Crippen molar-refractivity contribution in [3.8, 4) is 0 Å². The Morgan fingerprint density at radius 2 is 2.05 bits per heavy atom. The van der Waals surface area contributed by atoms with Crippen LogP contribution < -0.4 is 10.6 Å². The standard InChI is InChI=1S/C20H36N2.2H2/c1-16(2)7-6-8-17(3)11-12-21-13-14-22-20-10-9-18(4)15-19(20)5;;/h7,11,19-22H,4,6,8-10,12-15H2,1-3,5H3;2*1H/b17-11+;;. The summed E-state index contributed by atoms with van der Waals surface area (Å²) in [4.78, 5) is 0. The first-order valence-electron chi connectivity index (χ1n) is 8.88. The number of allylic oxidation sites excluding steroid dienone is 4. The molecule has 0 radical (unpaired) electrons. The Kier molecular flexibility index (Phi) is 9.42. The molecule has 0 saturated heterocycles. The Morgan fingerprint density at radius 3 is 2.73 bits per heavy atom. The molecule has 2 N–H and O–H groups in total. The molecule has 130 valence electrons. The highest BCUT2D eigenvalue weighted by molar-refractivity contribution is 5.03. The predicted octanol–water partition coefficient (Wildman–Crippen LogP) is 5.10. The lowest BCUT2D eigenvalue weighted by atomic mass is 9.83. The minimum absolute atomic E-state index is 0. The smallest absolute Gasteiger partial charge is 0.0137 e. The average Bonchev–Trinajstić information content (AvgIpc) is 2.44. The first-order valence-corrected chi connectivity index (χ1v) is 8.88. The molecule has 1 aliphatic carbocycles. The summed E-state index contributed by atoms with van der Waals surface area (Å²) in [5.74, 6) is 0.735. The number of hydrogen-bond donors (Lipinski definition) is 2. The summed E-state index contributed by atoms with van der Waals surface area (Å²) >= 11 is 0. The van der Waals surface area contributed by atoms with Crippen LogP contribution in [-0.4, -0.2) is 25.7 Å². The predicted molar refractivity (Wildman–Crippen MR) is 103 cm³/mol. The largest absolute Gasteiger partial charge is 0.312 e. The van der Waals surface area contributed by atoms with Gasteiger partial charge in [0.2, 0.25) is 0 Å². The zero-order valence-electron chi connectivity index (χ0n) is 15.2. The first-order chi connectivity index (χ1) is 10.5. The van der Waals surface area contributed by atoms with E-state index in [2.05, 4.69) is 57.1 Å². The molecule has 22 heavy (non-hydrogen) atoms. The second-order valence-corrected chi connectivity index (χ2v) is 7.11. The fraction of sp³-hybridized carbons (Fsp3) is 0.700. The van der Waals surface area contributed by atoms with Gasteiger partial charge in [-0.25, -0.2) is 0 Å². The molecule has 2 heteroatoms. The summed E-state index contributed by atoms with van der Waals surface area (Å²) in [5.41, 5.74) is 4.33. The zero-order valence-corrected chi connectivity index (χ0v) is 15.2. The molecule has 0 aromatic heterocycles. The van der Waals surface area contributed by atoms with Gasteiger partial charge in [-0.05, 0) is 58.8 Å². The summed E-state index contributed by atoms with van der Waals surface area (Å²) < 4.78 is 0. The lowest BCUT2D eigenvalue weighted by Crippen LogP contribution is -2.41. The summed E-state index contributed by atoms with van der Waals surface area (Å²) in [6.07, 6.45) is 10.6. The molecule has 1 saturated carbocycles. The molecular formula is C20H40N2. The third kappa shape index (κ3) is 8.55. The minimum atomic E-state index is 0. The molecule has 2 unspecified atom stereocenters. The van der Waals surface area contributed by atoms with E-state index < -0.39 is 0 Å². The van der Waals surface area contributed by atoms with Crippen LogP contribution in [0.4, 0.5) is 0 Å². The fourth-order valence-electron chi connectivity index (χ4n) is 3.03. The highest BCUT2D eigenvalue weighted by Crippen LogP contribution is 2.26. The summed E-state index contributed by atoms with van der Waals surface area (Å²) in [6.45, 7) is 16.1. The van der Waals surface area contributed by atoms with Crippen LogP contribution in [0, 0.1) is 5.92 Å². The second kappa shape index (κ2) is 10.8. The van der Waals surface area contributed by atoms with Gasteiger partial charge in [-0.3, -0.25) is 0 Å². The summed E-state index contributed by atoms with van der Waals surface area (Å²) in [6, 6.07) is 0.675. The SMILES string of the molecule is C=C1CCC(NCCNC/C=C(\C)CCC=C(C)C)C(C)C1.[HH].[HH]. The summed E-state index contributed by atoms with van der Waals surface area (Å²) in [5, 5.41) is 7.20. The number of nitrogens with one attached hydrogen (secondary N) is 2. The Morgan fingerprint density at radius 1 is 1.27 bits per heavy atom. The maximum atomic E-state index is 4.12. The first kappa shape index (κ1) is 19.2. The van der Waals surface area contributed by atoms with Crippen LogP contribution in [-0.2, 0) is 0 Å². The molecular weight excluding hydrogens is 268 g/mol. The van der Waals surface area contributed by atoms with Crippen LogP contribution >= 0.6 is 0 Å². The minimum Gasteiger partial charge on any atom is -0.312 e. The third-order valence-electron chi connectivity index (χ3n) is 4.50. The Hall–Kier alpha value is -0.860. The van der Waals surface area contributed by atoms with Crippen molar-refractivity contribution >= 4 is 0 Å². The van der Waals surface area contributed by atoms with E-state index in [0.29, 0.717) is 6.04 Å². The molecule has 0 spiro atoms. The van der Waals surface area contributed by atoms with Crippen molar-refractivity contribution < 1.29 is 2.85 Å². The van der Waals surface area contributed by atoms with E-state index in [9.17, 15) is 0 Å². The van der Waals surface area contributed by atoms with Crippen LogP contribution in [0.5, 0.6) is 0 Å². The van der Waals surface area contributed by atoms with E-state index in [1.165, 1.54) is 42.4 Å². The van der Waals surface area contributed by atoms with E-state index in [-0.39, 0.29) is 2.85 Å². The van der Waals surface area contributed by atoms with Gasteiger partial charge in [0.05, 0.1) is 0 Å². The Labute approximate surface area is 141 Å². The van der Waals surface area contributed by atoms with E-state index in [1.807, 2.05) is 0 Å². The van der Waals surface area contributed by atoms with Crippen molar-refractivity contribution in [2.45, 2.75) is 65.8 Å². The maximum absolute atomic E-state index is 4.12. The van der Waals surface area contributed by atoms with Gasteiger partial charge >= 0.3 is 0 Å².